The third-order valence-electron chi connectivity index (χ3n) is 2.56. The van der Waals surface area contributed by atoms with Gasteiger partial charge < -0.3 is 0 Å². The lowest BCUT2D eigenvalue weighted by Crippen LogP contribution is -1.92. The van der Waals surface area contributed by atoms with Crippen LogP contribution in [-0.2, 0) is 0 Å². The van der Waals surface area contributed by atoms with E-state index in [0.29, 0.717) is 0 Å². The van der Waals surface area contributed by atoms with Gasteiger partial charge in [-0.2, -0.15) is 0 Å². The topological polar surface area (TPSA) is 0 Å². The van der Waals surface area contributed by atoms with Gasteiger partial charge >= 0.3 is 0 Å². The maximum atomic E-state index is 3.99. The van der Waals surface area contributed by atoms with E-state index in [1.165, 1.54) is 22.3 Å². The minimum absolute atomic E-state index is 1.11. The molecule has 0 fully saturated rings. The Morgan fingerprint density at radius 3 is 2.47 bits per heavy atom. The Morgan fingerprint density at radius 1 is 1.33 bits per heavy atom. The fourth-order valence-corrected chi connectivity index (χ4v) is 1.78. The summed E-state index contributed by atoms with van der Waals surface area (Å²) < 4.78 is 0. The molecule has 1 aromatic carbocycles. The van der Waals surface area contributed by atoms with Crippen LogP contribution in [-0.4, -0.2) is 0 Å². The predicted octanol–water partition coefficient (Wildman–Crippen LogP) is 4.70. The van der Waals surface area contributed by atoms with E-state index in [-0.39, 0.29) is 0 Å². The molecule has 1 aromatic rings. The summed E-state index contributed by atoms with van der Waals surface area (Å²) in [5, 5.41) is 0. The monoisotopic (exact) mass is 198 g/mol. The first kappa shape index (κ1) is 11.5. The standard InChI is InChI=1S/C15H18/c1-6-8-15-12(5)14(11(3)4)10-9-13(15)7-2/h6-10H,2-3H2,1,4-5H3/b8-6-. The molecule has 0 aromatic heterocycles. The minimum atomic E-state index is 1.11. The molecule has 0 saturated heterocycles. The van der Waals surface area contributed by atoms with Gasteiger partial charge in [0.2, 0.25) is 0 Å². The molecule has 0 saturated carbocycles. The number of rotatable bonds is 3. The average molecular weight is 198 g/mol. The fraction of sp³-hybridized carbons (Fsp3) is 0.200. The van der Waals surface area contributed by atoms with E-state index in [1.807, 2.05) is 19.9 Å². The van der Waals surface area contributed by atoms with Crippen LogP contribution in [0.25, 0.3) is 17.7 Å². The molecular weight excluding hydrogens is 180 g/mol. The van der Waals surface area contributed by atoms with E-state index >= 15 is 0 Å². The molecule has 0 nitrogen and oxygen atoms in total. The molecule has 78 valence electrons. The van der Waals surface area contributed by atoms with Crippen molar-refractivity contribution in [2.24, 2.45) is 0 Å². The lowest BCUT2D eigenvalue weighted by Gasteiger charge is -2.11. The highest BCUT2D eigenvalue weighted by atomic mass is 14.1. The Hall–Kier alpha value is -1.56. The van der Waals surface area contributed by atoms with Gasteiger partial charge in [0.1, 0.15) is 0 Å². The highest BCUT2D eigenvalue weighted by Gasteiger charge is 2.05. The second-order valence-corrected chi connectivity index (χ2v) is 3.73. The van der Waals surface area contributed by atoms with Crippen LogP contribution >= 0.6 is 0 Å². The Bertz CT molecular complexity index is 420. The number of allylic oxidation sites excluding steroid dienone is 2. The van der Waals surface area contributed by atoms with Crippen LogP contribution in [0.5, 0.6) is 0 Å². The SMILES string of the molecule is C=Cc1ccc(C(=C)C)c(C)c1/C=C\C. The maximum absolute atomic E-state index is 3.99. The zero-order chi connectivity index (χ0) is 11.4. The van der Waals surface area contributed by atoms with Gasteiger partial charge in [0, 0.05) is 0 Å². The summed E-state index contributed by atoms with van der Waals surface area (Å²) in [6, 6.07) is 4.21. The average Bonchev–Trinajstić information content (AvgIpc) is 2.20. The Kier molecular flexibility index (Phi) is 3.68. The number of benzene rings is 1. The Balaban J connectivity index is 3.48. The molecule has 15 heavy (non-hydrogen) atoms. The largest absolute Gasteiger partial charge is 0.0984 e. The van der Waals surface area contributed by atoms with E-state index in [1.54, 1.807) is 0 Å². The van der Waals surface area contributed by atoms with Gasteiger partial charge in [0.05, 0.1) is 0 Å². The van der Waals surface area contributed by atoms with E-state index in [0.717, 1.165) is 5.57 Å². The summed E-state index contributed by atoms with van der Waals surface area (Å²) in [6.45, 7) is 14.0. The lowest BCUT2D eigenvalue weighted by atomic mass is 9.93. The molecule has 0 aliphatic heterocycles. The molecule has 0 heterocycles. The summed E-state index contributed by atoms with van der Waals surface area (Å²) in [7, 11) is 0. The third-order valence-corrected chi connectivity index (χ3v) is 2.56. The van der Waals surface area contributed by atoms with Crippen molar-refractivity contribution in [3.05, 3.63) is 53.6 Å². The van der Waals surface area contributed by atoms with Gasteiger partial charge in [0.25, 0.3) is 0 Å². The lowest BCUT2D eigenvalue weighted by molar-refractivity contribution is 1.38. The normalized spacial score (nSPS) is 10.6. The molecular formula is C15H18. The highest BCUT2D eigenvalue weighted by Crippen LogP contribution is 2.25. The molecule has 0 atom stereocenters. The van der Waals surface area contributed by atoms with E-state index < -0.39 is 0 Å². The molecule has 0 bridgehead atoms. The van der Waals surface area contributed by atoms with Crippen molar-refractivity contribution in [2.45, 2.75) is 20.8 Å². The summed E-state index contributed by atoms with van der Waals surface area (Å²) >= 11 is 0. The second kappa shape index (κ2) is 4.79. The number of hydrogen-bond donors (Lipinski definition) is 0. The van der Waals surface area contributed by atoms with Crippen LogP contribution in [0.3, 0.4) is 0 Å². The van der Waals surface area contributed by atoms with Gasteiger partial charge in [-0.1, -0.05) is 49.1 Å². The molecule has 1 rings (SSSR count). The molecule has 0 spiro atoms. The van der Waals surface area contributed by atoms with E-state index in [2.05, 4.69) is 44.4 Å². The Labute approximate surface area is 92.6 Å². The molecule has 0 unspecified atom stereocenters. The summed E-state index contributed by atoms with van der Waals surface area (Å²) in [5.74, 6) is 0. The smallest absolute Gasteiger partial charge is 0.0152 e. The second-order valence-electron chi connectivity index (χ2n) is 3.73. The highest BCUT2D eigenvalue weighted by molar-refractivity contribution is 5.75. The fourth-order valence-electron chi connectivity index (χ4n) is 1.78. The first-order chi connectivity index (χ1) is 7.11. The maximum Gasteiger partial charge on any atom is -0.0152 e. The van der Waals surface area contributed by atoms with Crippen molar-refractivity contribution in [2.75, 3.05) is 0 Å². The van der Waals surface area contributed by atoms with Gasteiger partial charge in [-0.3, -0.25) is 0 Å². The van der Waals surface area contributed by atoms with Gasteiger partial charge in [-0.05, 0) is 43.0 Å². The zero-order valence-electron chi connectivity index (χ0n) is 9.80. The quantitative estimate of drug-likeness (QED) is 0.660. The zero-order valence-corrected chi connectivity index (χ0v) is 9.80. The Morgan fingerprint density at radius 2 is 2.00 bits per heavy atom. The molecule has 0 N–H and O–H groups in total. The van der Waals surface area contributed by atoms with Gasteiger partial charge in [0.15, 0.2) is 0 Å². The molecule has 0 aliphatic carbocycles. The van der Waals surface area contributed by atoms with Crippen LogP contribution < -0.4 is 0 Å². The summed E-state index contributed by atoms with van der Waals surface area (Å²) in [5.41, 5.74) is 6.03. The van der Waals surface area contributed by atoms with Crippen LogP contribution in [0.4, 0.5) is 0 Å². The first-order valence-corrected chi connectivity index (χ1v) is 5.16. The van der Waals surface area contributed by atoms with E-state index in [4.69, 9.17) is 0 Å². The predicted molar refractivity (Wildman–Crippen MR) is 70.7 cm³/mol. The van der Waals surface area contributed by atoms with Crippen molar-refractivity contribution in [1.29, 1.82) is 0 Å². The first-order valence-electron chi connectivity index (χ1n) is 5.16. The van der Waals surface area contributed by atoms with Gasteiger partial charge in [-0.15, -0.1) is 0 Å². The van der Waals surface area contributed by atoms with Crippen molar-refractivity contribution in [3.8, 4) is 0 Å². The summed E-state index contributed by atoms with van der Waals surface area (Å²) in [4.78, 5) is 0. The molecule has 0 radical (unpaired) electrons. The van der Waals surface area contributed by atoms with Crippen LogP contribution in [0.1, 0.15) is 36.1 Å². The van der Waals surface area contributed by atoms with Crippen molar-refractivity contribution >= 4 is 17.7 Å². The third kappa shape index (κ3) is 2.27. The minimum Gasteiger partial charge on any atom is -0.0984 e. The van der Waals surface area contributed by atoms with E-state index in [9.17, 15) is 0 Å². The number of hydrogen-bond acceptors (Lipinski definition) is 0. The van der Waals surface area contributed by atoms with Crippen LogP contribution in [0.15, 0.2) is 31.4 Å². The van der Waals surface area contributed by atoms with Gasteiger partial charge in [-0.25, -0.2) is 0 Å². The van der Waals surface area contributed by atoms with Crippen LogP contribution in [0, 0.1) is 6.92 Å². The van der Waals surface area contributed by atoms with Crippen molar-refractivity contribution in [1.82, 2.24) is 0 Å². The van der Waals surface area contributed by atoms with Crippen molar-refractivity contribution in [3.63, 3.8) is 0 Å². The van der Waals surface area contributed by atoms with Crippen LogP contribution in [0.2, 0.25) is 0 Å². The summed E-state index contributed by atoms with van der Waals surface area (Å²) in [6.07, 6.45) is 6.07. The van der Waals surface area contributed by atoms with Crippen molar-refractivity contribution < 1.29 is 0 Å². The molecule has 0 amide bonds. The molecule has 0 heteroatoms. The molecule has 0 aliphatic rings.